The van der Waals surface area contributed by atoms with Gasteiger partial charge in [0.05, 0.1) is 54.9 Å². The van der Waals surface area contributed by atoms with Crippen LogP contribution in [-0.4, -0.2) is 101 Å². The van der Waals surface area contributed by atoms with E-state index >= 15 is 0 Å². The Morgan fingerprint density at radius 2 is 0.697 bits per heavy atom. The second kappa shape index (κ2) is 49.9. The van der Waals surface area contributed by atoms with E-state index in [2.05, 4.69) is 256 Å². The number of hydrogen-bond donors (Lipinski definition) is 9. The molecular weight excluding hydrogens is 1350 g/mol. The molecule has 31 atom stereocenters. The van der Waals surface area contributed by atoms with Gasteiger partial charge in [-0.05, 0) is 322 Å². The molecule has 0 aliphatic heterocycles. The van der Waals surface area contributed by atoms with Crippen LogP contribution in [0.1, 0.15) is 378 Å². The molecule has 654 valence electrons. The predicted octanol–water partition coefficient (Wildman–Crippen LogP) is 24.7. The van der Waals surface area contributed by atoms with Crippen molar-refractivity contribution in [1.29, 1.82) is 0 Å². The van der Waals surface area contributed by atoms with E-state index in [1.165, 1.54) is 83.5 Å². The van der Waals surface area contributed by atoms with Crippen LogP contribution in [0.3, 0.4) is 0 Å². The van der Waals surface area contributed by atoms with Crippen LogP contribution in [0.25, 0.3) is 0 Å². The second-order valence-corrected chi connectivity index (χ2v) is 45.2. The van der Waals surface area contributed by atoms with Crippen molar-refractivity contribution in [2.24, 2.45) is 206 Å². The summed E-state index contributed by atoms with van der Waals surface area (Å²) >= 11 is 0. The van der Waals surface area contributed by atoms with Crippen molar-refractivity contribution in [3.8, 4) is 0 Å². The smallest absolute Gasteiger partial charge is 0.0598 e. The molecule has 0 aromatic heterocycles. The number of aliphatic hydroxyl groups excluding tert-OH is 9. The maximum Gasteiger partial charge on any atom is 0.0598 e. The first-order chi connectivity index (χ1) is 50.0. The Kier molecular flexibility index (Phi) is 48.8. The van der Waals surface area contributed by atoms with Gasteiger partial charge in [-0.3, -0.25) is 0 Å². The Hall–Kier alpha value is -0.360. The largest absolute Gasteiger partial charge is 0.393 e. The maximum absolute atomic E-state index is 9.98. The van der Waals surface area contributed by atoms with Crippen molar-refractivity contribution in [1.82, 2.24) is 0 Å². The molecule has 0 heterocycles. The summed E-state index contributed by atoms with van der Waals surface area (Å²) in [5, 5.41) is 88.2. The highest BCUT2D eigenvalue weighted by atomic mass is 16.3. The molecule has 9 aliphatic carbocycles. The molecule has 9 nitrogen and oxygen atoms in total. The van der Waals surface area contributed by atoms with Gasteiger partial charge in [0.1, 0.15) is 0 Å². The molecule has 0 bridgehead atoms. The molecule has 0 saturated heterocycles. The molecule has 9 fully saturated rings. The van der Waals surface area contributed by atoms with Crippen LogP contribution in [0.2, 0.25) is 0 Å². The fourth-order valence-corrected chi connectivity index (χ4v) is 23.3. The zero-order chi connectivity index (χ0) is 84.7. The lowest BCUT2D eigenvalue weighted by molar-refractivity contribution is -0.0334. The van der Waals surface area contributed by atoms with Gasteiger partial charge < -0.3 is 46.0 Å². The van der Waals surface area contributed by atoms with Crippen LogP contribution in [0.4, 0.5) is 0 Å². The molecule has 0 aromatic carbocycles. The average molecular weight is 1550 g/mol. The van der Waals surface area contributed by atoms with Crippen molar-refractivity contribution in [2.45, 2.75) is 433 Å². The van der Waals surface area contributed by atoms with E-state index in [1.54, 1.807) is 0 Å². The molecule has 0 aromatic rings. The predicted molar refractivity (Wildman–Crippen MR) is 472 cm³/mol. The highest BCUT2D eigenvalue weighted by molar-refractivity contribution is 4.93. The number of hydrogen-bond acceptors (Lipinski definition) is 9. The summed E-state index contributed by atoms with van der Waals surface area (Å²) in [5.41, 5.74) is 0.792. The first kappa shape index (κ1) is 107. The molecule has 9 saturated carbocycles. The molecule has 0 spiro atoms. The van der Waals surface area contributed by atoms with E-state index in [0.717, 1.165) is 97.7 Å². The van der Waals surface area contributed by atoms with Crippen molar-refractivity contribution in [2.75, 3.05) is 0 Å². The minimum Gasteiger partial charge on any atom is -0.393 e. The summed E-state index contributed by atoms with van der Waals surface area (Å²) in [6.07, 6.45) is 21.3. The first-order valence-electron chi connectivity index (χ1n) is 47.1. The zero-order valence-electron chi connectivity index (χ0n) is 79.7. The monoisotopic (exact) mass is 1550 g/mol. The van der Waals surface area contributed by atoms with Crippen LogP contribution < -0.4 is 0 Å². The van der Waals surface area contributed by atoms with Gasteiger partial charge in [-0.1, -0.05) is 263 Å². The van der Waals surface area contributed by atoms with Gasteiger partial charge in [-0.15, -0.1) is 0 Å². The van der Waals surface area contributed by atoms with E-state index in [1.807, 2.05) is 0 Å². The fourth-order valence-electron chi connectivity index (χ4n) is 23.3. The van der Waals surface area contributed by atoms with Crippen LogP contribution in [0.15, 0.2) is 0 Å². The summed E-state index contributed by atoms with van der Waals surface area (Å²) in [5.74, 6) is 21.3. The lowest BCUT2D eigenvalue weighted by atomic mass is 9.63. The van der Waals surface area contributed by atoms with Crippen molar-refractivity contribution in [3.63, 3.8) is 0 Å². The van der Waals surface area contributed by atoms with Gasteiger partial charge in [0.15, 0.2) is 0 Å². The Bertz CT molecular complexity index is 2210. The summed E-state index contributed by atoms with van der Waals surface area (Å²) in [4.78, 5) is 0. The van der Waals surface area contributed by atoms with E-state index in [0.29, 0.717) is 147 Å². The van der Waals surface area contributed by atoms with E-state index in [9.17, 15) is 46.0 Å². The molecule has 9 aliphatic rings. The number of rotatable bonds is 9. The van der Waals surface area contributed by atoms with Gasteiger partial charge in [0, 0.05) is 0 Å². The van der Waals surface area contributed by atoms with Crippen LogP contribution in [-0.2, 0) is 0 Å². The Labute approximate surface area is 681 Å². The minimum atomic E-state index is -0.0694. The van der Waals surface area contributed by atoms with Crippen molar-refractivity contribution in [3.05, 3.63) is 0 Å². The fraction of sp³-hybridized carbons (Fsp3) is 1.00. The van der Waals surface area contributed by atoms with Crippen LogP contribution in [0, 0.1) is 206 Å². The summed E-state index contributed by atoms with van der Waals surface area (Å²) < 4.78 is 0. The normalized spacial score (nSPS) is 42.1. The topological polar surface area (TPSA) is 182 Å². The van der Waals surface area contributed by atoms with Gasteiger partial charge in [0.2, 0.25) is 0 Å². The Morgan fingerprint density at radius 1 is 0.248 bits per heavy atom. The van der Waals surface area contributed by atoms with Crippen LogP contribution in [0.5, 0.6) is 0 Å². The van der Waals surface area contributed by atoms with Gasteiger partial charge in [0.25, 0.3) is 0 Å². The van der Waals surface area contributed by atoms with E-state index in [-0.39, 0.29) is 54.9 Å². The standard InChI is InChI=1S/C12H24O.8C11H22O/c1-7(2)12-8(3)6-11(13)9(4)10(12)5;1-7(2)10-5-9(4)11(12)6-8(10)3;1-7(2)10-5-8(3)11(12)9(4)6-10;1-7(2)10-5-8(3)9(4)6-11(10)12;1-7(2)10-6-8(3)5-9(4)11(10)12;1-8(2)9-7-11(3,4)6-5-10(9)12;1-8(2)10-9(12)6-5-7-11(10,3)4;1-7(2)10-5-6-11(12)9(4)8(10)3;1-7(2)10-6-5-8(3)9(4)11(10)12/h7-13H,6H2,1-5H3;4*7-12H,5-6H2,1-4H3;2*8-10,12H,5-7H2,1-4H3;2*7-12H,5-6H2,1-4H3. The molecule has 9 N–H and O–H groups in total. The molecular formula is C100H200O9. The highest BCUT2D eigenvalue weighted by Crippen LogP contribution is 2.48. The Morgan fingerprint density at radius 3 is 1.15 bits per heavy atom. The quantitative estimate of drug-likeness (QED) is 0.109. The first-order valence-corrected chi connectivity index (χ1v) is 47.1. The minimum absolute atomic E-state index is 0.0435. The zero-order valence-corrected chi connectivity index (χ0v) is 79.7. The molecule has 0 radical (unpaired) electrons. The van der Waals surface area contributed by atoms with Gasteiger partial charge >= 0.3 is 0 Å². The molecule has 0 amide bonds. The summed E-state index contributed by atoms with van der Waals surface area (Å²) in [6, 6.07) is 0. The summed E-state index contributed by atoms with van der Waals surface area (Å²) in [6.45, 7) is 83.3. The molecule has 9 rings (SSSR count). The van der Waals surface area contributed by atoms with E-state index < -0.39 is 0 Å². The second-order valence-electron chi connectivity index (χ2n) is 45.2. The van der Waals surface area contributed by atoms with Gasteiger partial charge in [-0.25, -0.2) is 0 Å². The lowest BCUT2D eigenvalue weighted by Crippen LogP contribution is -2.41. The number of aliphatic hydroxyl groups is 9. The highest BCUT2D eigenvalue weighted by Gasteiger charge is 2.43. The third kappa shape index (κ3) is 34.9. The van der Waals surface area contributed by atoms with Crippen molar-refractivity contribution >= 4 is 0 Å². The molecule has 31 unspecified atom stereocenters. The SMILES string of the molecule is CC(C)C1C(C)CC(O)C(C)C1C.CC(C)C1C(O)CCCC1(C)C.CC(C)C1CC(C)(C)CCC1O.CC(C)C1CC(C)C(C)CC1O.CC(C)C1CC(C)C(O)C(C)C1.CC(C)C1CC(C)C(O)CC1C.CC(C)C1CCC(C)C(C)C1O.CC(C)C1CCC(O)C(C)C1C.CC1CC(C)C(O)C(C(C)C)C1. The van der Waals surface area contributed by atoms with Crippen molar-refractivity contribution < 1.29 is 46.0 Å². The Balaban J connectivity index is 0.000000613. The maximum atomic E-state index is 9.98. The molecule has 109 heavy (non-hydrogen) atoms. The summed E-state index contributed by atoms with van der Waals surface area (Å²) in [7, 11) is 0. The van der Waals surface area contributed by atoms with Crippen LogP contribution >= 0.6 is 0 Å². The third-order valence-electron chi connectivity index (χ3n) is 32.0. The third-order valence-corrected chi connectivity index (χ3v) is 32.0. The van der Waals surface area contributed by atoms with Gasteiger partial charge in [-0.2, -0.15) is 0 Å². The average Bonchev–Trinajstić information content (AvgIpc) is 0.852. The van der Waals surface area contributed by atoms with E-state index in [4.69, 9.17) is 0 Å². The molecule has 9 heteroatoms. The lowest BCUT2D eigenvalue weighted by Gasteiger charge is -2.44.